The van der Waals surface area contributed by atoms with Gasteiger partial charge in [0.25, 0.3) is 0 Å². The third-order valence-corrected chi connectivity index (χ3v) is 5.78. The van der Waals surface area contributed by atoms with Gasteiger partial charge in [-0.05, 0) is 54.5 Å². The molecule has 1 N–H and O–H groups in total. The van der Waals surface area contributed by atoms with Crippen molar-refractivity contribution in [3.05, 3.63) is 58.1 Å². The van der Waals surface area contributed by atoms with Crippen LogP contribution in [0.15, 0.2) is 46.9 Å². The number of anilines is 2. The molecule has 6 nitrogen and oxygen atoms in total. The highest BCUT2D eigenvalue weighted by Gasteiger charge is 2.20. The van der Waals surface area contributed by atoms with Crippen LogP contribution < -0.4 is 14.5 Å². The van der Waals surface area contributed by atoms with Crippen LogP contribution in [-0.2, 0) is 9.59 Å². The summed E-state index contributed by atoms with van der Waals surface area (Å²) in [4.78, 5) is 26.8. The molecule has 1 saturated heterocycles. The molecular weight excluding hydrogens is 448 g/mol. The lowest BCUT2D eigenvalue weighted by molar-refractivity contribution is -0.135. The van der Waals surface area contributed by atoms with Crippen LogP contribution in [0.5, 0.6) is 5.75 Å². The fraction of sp³-hybridized carbons (Fsp3) is 0.304. The Morgan fingerprint density at radius 1 is 1.13 bits per heavy atom. The van der Waals surface area contributed by atoms with Crippen LogP contribution in [0.25, 0.3) is 5.57 Å². The second-order valence-corrected chi connectivity index (χ2v) is 8.10. The van der Waals surface area contributed by atoms with E-state index >= 15 is 0 Å². The van der Waals surface area contributed by atoms with Crippen molar-refractivity contribution in [1.29, 1.82) is 0 Å². The lowest BCUT2D eigenvalue weighted by atomic mass is 10.0. The van der Waals surface area contributed by atoms with Crippen molar-refractivity contribution in [2.24, 2.45) is 0 Å². The number of benzene rings is 2. The van der Waals surface area contributed by atoms with E-state index in [9.17, 15) is 9.59 Å². The molecule has 0 saturated carbocycles. The summed E-state index contributed by atoms with van der Waals surface area (Å²) in [7, 11) is 1.55. The number of nitrogens with zero attached hydrogens (tertiary/aromatic N) is 2. The van der Waals surface area contributed by atoms with E-state index in [0.717, 1.165) is 36.3 Å². The summed E-state index contributed by atoms with van der Waals surface area (Å²) in [6.07, 6.45) is 1.65. The van der Waals surface area contributed by atoms with Gasteiger partial charge in [0, 0.05) is 53.7 Å². The number of aliphatic carboxylic acids is 1. The second-order valence-electron chi connectivity index (χ2n) is 7.19. The molecule has 0 amide bonds. The van der Waals surface area contributed by atoms with Crippen LogP contribution >= 0.6 is 15.9 Å². The summed E-state index contributed by atoms with van der Waals surface area (Å²) in [6, 6.07) is 12.1. The molecule has 7 heteroatoms. The highest BCUT2D eigenvalue weighted by atomic mass is 79.9. The predicted molar refractivity (Wildman–Crippen MR) is 123 cm³/mol. The Morgan fingerprint density at radius 3 is 2.43 bits per heavy atom. The van der Waals surface area contributed by atoms with Gasteiger partial charge in [-0.3, -0.25) is 9.59 Å². The van der Waals surface area contributed by atoms with E-state index in [1.54, 1.807) is 7.11 Å². The Balaban J connectivity index is 1.76. The van der Waals surface area contributed by atoms with E-state index in [-0.39, 0.29) is 6.42 Å². The number of carbonyl (C=O) groups excluding carboxylic acids is 1. The normalized spacial score (nSPS) is 14.6. The Bertz CT molecular complexity index is 966. The molecule has 0 radical (unpaired) electrons. The highest BCUT2D eigenvalue weighted by molar-refractivity contribution is 9.10. The number of methoxy groups -OCH3 is 1. The molecule has 158 valence electrons. The molecule has 1 aliphatic rings. The number of hydrogen-bond donors (Lipinski definition) is 1. The van der Waals surface area contributed by atoms with Crippen LogP contribution in [0.1, 0.15) is 17.5 Å². The van der Waals surface area contributed by atoms with Gasteiger partial charge in [0.05, 0.1) is 13.5 Å². The maximum absolute atomic E-state index is 11.1. The first-order valence-corrected chi connectivity index (χ1v) is 10.5. The summed E-state index contributed by atoms with van der Waals surface area (Å²) in [5, 5.41) is 9.13. The minimum Gasteiger partial charge on any atom is -0.496 e. The third-order valence-electron chi connectivity index (χ3n) is 5.29. The third kappa shape index (κ3) is 5.02. The smallest absolute Gasteiger partial charge is 0.307 e. The Morgan fingerprint density at radius 2 is 1.83 bits per heavy atom. The number of piperazine rings is 1. The topological polar surface area (TPSA) is 70.1 Å². The van der Waals surface area contributed by atoms with E-state index in [1.807, 2.05) is 18.2 Å². The zero-order valence-corrected chi connectivity index (χ0v) is 18.7. The van der Waals surface area contributed by atoms with Crippen LogP contribution in [0.3, 0.4) is 0 Å². The first-order chi connectivity index (χ1) is 14.4. The quantitative estimate of drug-likeness (QED) is 0.482. The number of allylic oxidation sites excluding steroid dienone is 1. The molecule has 1 aliphatic heterocycles. The monoisotopic (exact) mass is 472 g/mol. The van der Waals surface area contributed by atoms with Crippen LogP contribution in [0.2, 0.25) is 0 Å². The molecule has 2 aromatic rings. The molecule has 30 heavy (non-hydrogen) atoms. The number of carbonyl (C=O) groups is 2. The van der Waals surface area contributed by atoms with Gasteiger partial charge >= 0.3 is 5.97 Å². The number of halogens is 1. The molecule has 1 fully saturated rings. The van der Waals surface area contributed by atoms with Crippen molar-refractivity contribution in [3.8, 4) is 5.75 Å². The zero-order chi connectivity index (χ0) is 21.7. The van der Waals surface area contributed by atoms with E-state index in [2.05, 4.69) is 50.9 Å². The largest absolute Gasteiger partial charge is 0.496 e. The van der Waals surface area contributed by atoms with E-state index in [4.69, 9.17) is 9.84 Å². The van der Waals surface area contributed by atoms with E-state index in [0.29, 0.717) is 23.2 Å². The Kier molecular flexibility index (Phi) is 7.15. The van der Waals surface area contributed by atoms with Gasteiger partial charge in [0.15, 0.2) is 0 Å². The molecule has 0 unspecified atom stereocenters. The fourth-order valence-electron chi connectivity index (χ4n) is 3.81. The molecule has 0 bridgehead atoms. The van der Waals surface area contributed by atoms with Crippen molar-refractivity contribution < 1.29 is 19.4 Å². The SMILES string of the molecule is COc1cc(N2CCN(c3ccc(Br)cc3C)CC2)ccc1/C(=C\C=O)CC(=O)O. The number of carboxylic acids is 1. The van der Waals surface area contributed by atoms with Crippen LogP contribution in [0.4, 0.5) is 11.4 Å². The molecule has 2 aromatic carbocycles. The standard InChI is InChI=1S/C23H25BrN2O4/c1-16-13-18(24)3-6-21(16)26-10-8-25(9-11-26)19-4-5-20(22(15-19)30-2)17(7-12-27)14-23(28)29/h3-7,12-13,15H,8-11,14H2,1-2H3,(H,28,29)/b17-7-. The molecule has 1 heterocycles. The van der Waals surface area contributed by atoms with Crippen molar-refractivity contribution >= 4 is 45.1 Å². The molecule has 0 spiro atoms. The lowest BCUT2D eigenvalue weighted by Crippen LogP contribution is -2.46. The molecule has 0 aliphatic carbocycles. The van der Waals surface area contributed by atoms with Crippen LogP contribution in [0, 0.1) is 6.92 Å². The Hall–Kier alpha value is -2.80. The number of aldehydes is 1. The number of rotatable bonds is 7. The van der Waals surface area contributed by atoms with Crippen molar-refractivity contribution in [2.45, 2.75) is 13.3 Å². The average Bonchev–Trinajstić information content (AvgIpc) is 2.73. The van der Waals surface area contributed by atoms with E-state index < -0.39 is 5.97 Å². The van der Waals surface area contributed by atoms with Gasteiger partial charge in [-0.1, -0.05) is 15.9 Å². The number of ether oxygens (including phenoxy) is 1. The second kappa shape index (κ2) is 9.80. The number of aryl methyl sites for hydroxylation is 1. The van der Waals surface area contributed by atoms with E-state index in [1.165, 1.54) is 17.3 Å². The summed E-state index contributed by atoms with van der Waals surface area (Å²) in [5.41, 5.74) is 4.57. The number of hydrogen-bond acceptors (Lipinski definition) is 5. The minimum absolute atomic E-state index is 0.236. The fourth-order valence-corrected chi connectivity index (χ4v) is 4.29. The molecule has 3 rings (SSSR count). The summed E-state index contributed by atoms with van der Waals surface area (Å²) in [6.45, 7) is 5.66. The van der Waals surface area contributed by atoms with Gasteiger partial charge in [0.2, 0.25) is 0 Å². The molecular formula is C23H25BrN2O4. The maximum atomic E-state index is 11.1. The lowest BCUT2D eigenvalue weighted by Gasteiger charge is -2.38. The Labute approximate surface area is 184 Å². The van der Waals surface area contributed by atoms with Gasteiger partial charge in [-0.25, -0.2) is 0 Å². The maximum Gasteiger partial charge on any atom is 0.307 e. The number of carboxylic acid groups (broad SMARTS) is 1. The summed E-state index contributed by atoms with van der Waals surface area (Å²) >= 11 is 3.52. The first kappa shape index (κ1) is 21.9. The van der Waals surface area contributed by atoms with Crippen molar-refractivity contribution in [1.82, 2.24) is 0 Å². The predicted octanol–water partition coefficient (Wildman–Crippen LogP) is 4.15. The van der Waals surface area contributed by atoms with Gasteiger partial charge < -0.3 is 19.6 Å². The van der Waals surface area contributed by atoms with Crippen molar-refractivity contribution in [2.75, 3.05) is 43.1 Å². The summed E-state index contributed by atoms with van der Waals surface area (Å²) in [5.74, 6) is -0.429. The minimum atomic E-state index is -0.992. The summed E-state index contributed by atoms with van der Waals surface area (Å²) < 4.78 is 6.60. The highest BCUT2D eigenvalue weighted by Crippen LogP contribution is 2.33. The first-order valence-electron chi connectivity index (χ1n) is 9.73. The van der Waals surface area contributed by atoms with Gasteiger partial charge in [-0.2, -0.15) is 0 Å². The average molecular weight is 473 g/mol. The van der Waals surface area contributed by atoms with Crippen LogP contribution in [-0.4, -0.2) is 50.7 Å². The zero-order valence-electron chi connectivity index (χ0n) is 17.1. The van der Waals surface area contributed by atoms with Gasteiger partial charge in [0.1, 0.15) is 12.0 Å². The molecule has 0 aromatic heterocycles. The van der Waals surface area contributed by atoms with Gasteiger partial charge in [-0.15, -0.1) is 0 Å². The van der Waals surface area contributed by atoms with Crippen molar-refractivity contribution in [3.63, 3.8) is 0 Å². The molecule has 0 atom stereocenters.